The molecule has 94 valence electrons. The lowest BCUT2D eigenvalue weighted by molar-refractivity contribution is -0.123. The van der Waals surface area contributed by atoms with E-state index in [-0.39, 0.29) is 18.2 Å². The minimum atomic E-state index is -0.250. The van der Waals surface area contributed by atoms with Crippen LogP contribution in [-0.4, -0.2) is 24.0 Å². The average Bonchev–Trinajstić information content (AvgIpc) is 2.32. The molecule has 1 atom stereocenters. The molecule has 1 unspecified atom stereocenters. The molecule has 4 nitrogen and oxygen atoms in total. The highest BCUT2D eigenvalue weighted by Crippen LogP contribution is 2.11. The second-order valence-corrected chi connectivity index (χ2v) is 3.45. The van der Waals surface area contributed by atoms with E-state index in [1.165, 1.54) is 0 Å². The van der Waals surface area contributed by atoms with Crippen LogP contribution in [0.4, 0.5) is 0 Å². The third kappa shape index (κ3) is 7.11. The van der Waals surface area contributed by atoms with Crippen molar-refractivity contribution in [2.75, 3.05) is 6.61 Å². The van der Waals surface area contributed by atoms with Crippen LogP contribution in [0.2, 0.25) is 0 Å². The largest absolute Gasteiger partial charge is 0.493 e. The van der Waals surface area contributed by atoms with E-state index in [4.69, 9.17) is 14.6 Å². The summed E-state index contributed by atoms with van der Waals surface area (Å²) in [5.74, 6) is 1.05. The molecule has 0 fully saturated rings. The molecule has 1 N–H and O–H groups in total. The van der Waals surface area contributed by atoms with Crippen LogP contribution in [0.5, 0.6) is 5.75 Å². The molecule has 1 rings (SSSR count). The SMILES string of the molecule is CCC(COc1ccccc1)C(C)=O.O=CO. The van der Waals surface area contributed by atoms with Gasteiger partial charge < -0.3 is 9.84 Å². The number of carbonyl (C=O) groups excluding carboxylic acids is 1. The van der Waals surface area contributed by atoms with E-state index in [1.54, 1.807) is 6.92 Å². The van der Waals surface area contributed by atoms with Crippen molar-refractivity contribution < 1.29 is 19.4 Å². The van der Waals surface area contributed by atoms with E-state index in [1.807, 2.05) is 37.3 Å². The quantitative estimate of drug-likeness (QED) is 0.800. The lowest BCUT2D eigenvalue weighted by Gasteiger charge is -2.12. The molecule has 17 heavy (non-hydrogen) atoms. The number of carboxylic acid groups (broad SMARTS) is 1. The van der Waals surface area contributed by atoms with Crippen LogP contribution < -0.4 is 4.74 Å². The Kier molecular flexibility index (Phi) is 8.37. The molecule has 0 amide bonds. The number of hydrogen-bond donors (Lipinski definition) is 1. The van der Waals surface area contributed by atoms with Gasteiger partial charge in [-0.05, 0) is 25.5 Å². The van der Waals surface area contributed by atoms with Crippen molar-refractivity contribution in [3.63, 3.8) is 0 Å². The third-order valence-corrected chi connectivity index (χ3v) is 2.26. The van der Waals surface area contributed by atoms with Crippen LogP contribution in [0.3, 0.4) is 0 Å². The maximum atomic E-state index is 11.1. The molecule has 1 aromatic rings. The standard InChI is InChI=1S/C12H16O2.CH2O2/c1-3-11(10(2)13)9-14-12-7-5-4-6-8-12;2-1-3/h4-8,11H,3,9H2,1-2H3;1H,(H,2,3). The van der Waals surface area contributed by atoms with Crippen molar-refractivity contribution in [1.29, 1.82) is 0 Å². The van der Waals surface area contributed by atoms with Gasteiger partial charge in [-0.3, -0.25) is 9.59 Å². The first-order chi connectivity index (χ1) is 8.15. The molecular formula is C13H18O4. The lowest BCUT2D eigenvalue weighted by Crippen LogP contribution is -2.18. The molecule has 1 aromatic carbocycles. The summed E-state index contributed by atoms with van der Waals surface area (Å²) in [6.07, 6.45) is 0.835. The Morgan fingerprint density at radius 2 is 1.94 bits per heavy atom. The molecule has 0 saturated carbocycles. The molecule has 4 heteroatoms. The van der Waals surface area contributed by atoms with E-state index >= 15 is 0 Å². The van der Waals surface area contributed by atoms with Gasteiger partial charge in [-0.15, -0.1) is 0 Å². The Balaban J connectivity index is 0.000000770. The maximum Gasteiger partial charge on any atom is 0.290 e. The van der Waals surface area contributed by atoms with Crippen molar-refractivity contribution in [3.05, 3.63) is 30.3 Å². The van der Waals surface area contributed by atoms with Gasteiger partial charge in [-0.1, -0.05) is 25.1 Å². The monoisotopic (exact) mass is 238 g/mol. The van der Waals surface area contributed by atoms with Crippen molar-refractivity contribution in [3.8, 4) is 5.75 Å². The van der Waals surface area contributed by atoms with Gasteiger partial charge in [0.05, 0.1) is 12.5 Å². The minimum Gasteiger partial charge on any atom is -0.493 e. The molecule has 0 aliphatic carbocycles. The second-order valence-electron chi connectivity index (χ2n) is 3.45. The van der Waals surface area contributed by atoms with Crippen molar-refractivity contribution in [1.82, 2.24) is 0 Å². The zero-order chi connectivity index (χ0) is 13.1. The molecule has 0 aliphatic heterocycles. The number of ketones is 1. The Bertz CT molecular complexity index is 321. The summed E-state index contributed by atoms with van der Waals surface area (Å²) in [5, 5.41) is 6.89. The van der Waals surface area contributed by atoms with Crippen LogP contribution in [0.1, 0.15) is 20.3 Å². The third-order valence-electron chi connectivity index (χ3n) is 2.26. The van der Waals surface area contributed by atoms with Crippen LogP contribution >= 0.6 is 0 Å². The molecule has 0 saturated heterocycles. The van der Waals surface area contributed by atoms with E-state index in [0.29, 0.717) is 6.61 Å². The number of hydrogen-bond acceptors (Lipinski definition) is 3. The van der Waals surface area contributed by atoms with Crippen molar-refractivity contribution in [2.24, 2.45) is 5.92 Å². The summed E-state index contributed by atoms with van der Waals surface area (Å²) in [5.41, 5.74) is 0. The number of para-hydroxylation sites is 1. The molecule has 0 bridgehead atoms. The van der Waals surface area contributed by atoms with Crippen LogP contribution in [0.15, 0.2) is 30.3 Å². The van der Waals surface area contributed by atoms with E-state index in [2.05, 4.69) is 0 Å². The van der Waals surface area contributed by atoms with Gasteiger partial charge in [0, 0.05) is 0 Å². The Labute approximate surface area is 101 Å². The first-order valence-corrected chi connectivity index (χ1v) is 5.41. The minimum absolute atomic E-state index is 0.0233. The fraction of sp³-hybridized carbons (Fsp3) is 0.385. The van der Waals surface area contributed by atoms with Gasteiger partial charge >= 0.3 is 0 Å². The number of benzene rings is 1. The second kappa shape index (κ2) is 9.39. The predicted molar refractivity (Wildman–Crippen MR) is 65.1 cm³/mol. The highest BCUT2D eigenvalue weighted by Gasteiger charge is 2.11. The summed E-state index contributed by atoms with van der Waals surface area (Å²) in [4.78, 5) is 19.5. The summed E-state index contributed by atoms with van der Waals surface area (Å²) < 4.78 is 5.50. The summed E-state index contributed by atoms with van der Waals surface area (Å²) >= 11 is 0. The Morgan fingerprint density at radius 3 is 2.35 bits per heavy atom. The van der Waals surface area contributed by atoms with Crippen molar-refractivity contribution >= 4 is 12.3 Å². The average molecular weight is 238 g/mol. The van der Waals surface area contributed by atoms with Crippen LogP contribution in [0.25, 0.3) is 0 Å². The Hall–Kier alpha value is -1.84. The zero-order valence-corrected chi connectivity index (χ0v) is 10.1. The smallest absolute Gasteiger partial charge is 0.290 e. The molecule has 0 spiro atoms. The first-order valence-electron chi connectivity index (χ1n) is 5.41. The fourth-order valence-corrected chi connectivity index (χ4v) is 1.24. The van der Waals surface area contributed by atoms with E-state index in [9.17, 15) is 4.79 Å². The normalized spacial score (nSPS) is 10.7. The van der Waals surface area contributed by atoms with Gasteiger partial charge in [-0.2, -0.15) is 0 Å². The summed E-state index contributed by atoms with van der Waals surface area (Å²) in [6, 6.07) is 9.57. The lowest BCUT2D eigenvalue weighted by atomic mass is 10.0. The summed E-state index contributed by atoms with van der Waals surface area (Å²) in [7, 11) is 0. The molecule has 0 radical (unpaired) electrons. The molecule has 0 aliphatic rings. The summed E-state index contributed by atoms with van der Waals surface area (Å²) in [6.45, 7) is 3.85. The van der Waals surface area contributed by atoms with Gasteiger partial charge in [0.1, 0.15) is 11.5 Å². The fourth-order valence-electron chi connectivity index (χ4n) is 1.24. The first kappa shape index (κ1) is 15.2. The molecular weight excluding hydrogens is 220 g/mol. The Morgan fingerprint density at radius 1 is 1.41 bits per heavy atom. The number of carbonyl (C=O) groups is 2. The van der Waals surface area contributed by atoms with Gasteiger partial charge in [0.25, 0.3) is 6.47 Å². The van der Waals surface area contributed by atoms with Gasteiger partial charge in [0.2, 0.25) is 0 Å². The highest BCUT2D eigenvalue weighted by molar-refractivity contribution is 5.78. The van der Waals surface area contributed by atoms with Gasteiger partial charge in [-0.25, -0.2) is 0 Å². The van der Waals surface area contributed by atoms with Crippen LogP contribution in [-0.2, 0) is 9.59 Å². The van der Waals surface area contributed by atoms with Gasteiger partial charge in [0.15, 0.2) is 0 Å². The topological polar surface area (TPSA) is 63.6 Å². The van der Waals surface area contributed by atoms with Crippen LogP contribution in [0, 0.1) is 5.92 Å². The zero-order valence-electron chi connectivity index (χ0n) is 10.1. The number of ether oxygens (including phenoxy) is 1. The molecule has 0 heterocycles. The number of Topliss-reactive ketones (excluding diaryl/α,β-unsaturated/α-hetero) is 1. The highest BCUT2D eigenvalue weighted by atomic mass is 16.5. The number of rotatable bonds is 5. The van der Waals surface area contributed by atoms with E-state index < -0.39 is 0 Å². The maximum absolute atomic E-state index is 11.1. The molecule has 0 aromatic heterocycles. The van der Waals surface area contributed by atoms with Crippen molar-refractivity contribution in [2.45, 2.75) is 20.3 Å². The van der Waals surface area contributed by atoms with E-state index in [0.717, 1.165) is 12.2 Å². The predicted octanol–water partition coefficient (Wildman–Crippen LogP) is 2.38.